The Morgan fingerprint density at radius 3 is 2.55 bits per heavy atom. The van der Waals surface area contributed by atoms with E-state index >= 15 is 0 Å². The fourth-order valence-electron chi connectivity index (χ4n) is 6.11. The Bertz CT molecular complexity index is 840. The number of ether oxygens (including phenoxy) is 1. The molecule has 5 aliphatic carbocycles. The minimum atomic E-state index is -0.585. The third-order valence-corrected chi connectivity index (χ3v) is 7.71. The second kappa shape index (κ2) is 7.59. The topological polar surface area (TPSA) is 117 Å². The summed E-state index contributed by atoms with van der Waals surface area (Å²) in [5, 5.41) is 26.7. The standard InChI is InChI=1S/C23H34N4O4/c1-22(2,12-28)27-21-24-11-17(20(26-21)31-16-4-3-5-16)19(29)25-18-14-6-13-7-15(18)10-23(30,8-13)9-14/h11,13-16,18,28,30H,3-10,12H2,1-2H3,(H,25,29)(H,24,26,27)/t13?,14-,15+,18?,23?. The molecular formula is C23H34N4O4. The Balaban J connectivity index is 1.35. The minimum Gasteiger partial charge on any atom is -0.474 e. The molecule has 5 atom stereocenters. The van der Waals surface area contributed by atoms with Crippen LogP contribution in [0.4, 0.5) is 5.95 Å². The first-order valence-corrected chi connectivity index (χ1v) is 11.7. The van der Waals surface area contributed by atoms with Crippen LogP contribution in [-0.4, -0.2) is 56.0 Å². The maximum atomic E-state index is 13.3. The van der Waals surface area contributed by atoms with E-state index in [9.17, 15) is 15.0 Å². The summed E-state index contributed by atoms with van der Waals surface area (Å²) in [6.45, 7) is 3.63. The van der Waals surface area contributed by atoms with Gasteiger partial charge in [0, 0.05) is 12.2 Å². The van der Waals surface area contributed by atoms with Crippen LogP contribution in [0.25, 0.3) is 0 Å². The van der Waals surface area contributed by atoms with Gasteiger partial charge < -0.3 is 25.6 Å². The van der Waals surface area contributed by atoms with Gasteiger partial charge in [0.2, 0.25) is 11.8 Å². The number of amides is 1. The van der Waals surface area contributed by atoms with E-state index < -0.39 is 11.1 Å². The van der Waals surface area contributed by atoms with E-state index in [0.29, 0.717) is 35.1 Å². The molecule has 5 saturated carbocycles. The number of aromatic nitrogens is 2. The summed E-state index contributed by atoms with van der Waals surface area (Å²) in [6, 6.07) is 0.0898. The molecule has 0 spiro atoms. The van der Waals surface area contributed by atoms with Crippen molar-refractivity contribution in [2.45, 2.75) is 88.5 Å². The number of nitrogens with zero attached hydrogens (tertiary/aromatic N) is 2. The molecule has 1 amide bonds. The third kappa shape index (κ3) is 4.12. The molecule has 31 heavy (non-hydrogen) atoms. The zero-order valence-corrected chi connectivity index (χ0v) is 18.4. The van der Waals surface area contributed by atoms with Gasteiger partial charge in [-0.15, -0.1) is 0 Å². The number of anilines is 1. The van der Waals surface area contributed by atoms with Crippen LogP contribution >= 0.6 is 0 Å². The summed E-state index contributed by atoms with van der Waals surface area (Å²) >= 11 is 0. The first-order chi connectivity index (χ1) is 14.7. The molecule has 8 heteroatoms. The van der Waals surface area contributed by atoms with Crippen LogP contribution in [0.15, 0.2) is 6.20 Å². The lowest BCUT2D eigenvalue weighted by molar-refractivity contribution is -0.136. The van der Waals surface area contributed by atoms with Crippen molar-refractivity contribution in [3.8, 4) is 5.88 Å². The largest absolute Gasteiger partial charge is 0.474 e. The molecule has 0 aromatic carbocycles. The highest BCUT2D eigenvalue weighted by Gasteiger charge is 2.55. The number of hydrogen-bond donors (Lipinski definition) is 4. The van der Waals surface area contributed by atoms with Crippen molar-refractivity contribution in [3.63, 3.8) is 0 Å². The molecule has 6 rings (SSSR count). The van der Waals surface area contributed by atoms with Gasteiger partial charge in [0.15, 0.2) is 0 Å². The van der Waals surface area contributed by atoms with Crippen LogP contribution in [0, 0.1) is 17.8 Å². The quantitative estimate of drug-likeness (QED) is 0.524. The SMILES string of the molecule is CC(C)(CO)Nc1ncc(C(=O)NC2[C@@H]3CC4C[C@H]2CC(O)(C4)C3)c(OC2CCC2)n1. The van der Waals surface area contributed by atoms with Gasteiger partial charge in [-0.05, 0) is 83.0 Å². The highest BCUT2D eigenvalue weighted by molar-refractivity contribution is 5.96. The molecule has 0 saturated heterocycles. The van der Waals surface area contributed by atoms with Gasteiger partial charge >= 0.3 is 0 Å². The zero-order valence-electron chi connectivity index (χ0n) is 18.4. The zero-order chi connectivity index (χ0) is 21.8. The Labute approximate surface area is 183 Å². The van der Waals surface area contributed by atoms with E-state index in [0.717, 1.165) is 51.4 Å². The Morgan fingerprint density at radius 2 is 1.97 bits per heavy atom. The van der Waals surface area contributed by atoms with Crippen LogP contribution in [0.2, 0.25) is 0 Å². The first kappa shape index (κ1) is 20.9. The van der Waals surface area contributed by atoms with E-state index in [1.165, 1.54) is 6.20 Å². The summed E-state index contributed by atoms with van der Waals surface area (Å²) in [5.41, 5.74) is -0.753. The highest BCUT2D eigenvalue weighted by Crippen LogP contribution is 2.55. The molecule has 5 fully saturated rings. The van der Waals surface area contributed by atoms with Gasteiger partial charge in [-0.3, -0.25) is 4.79 Å². The van der Waals surface area contributed by atoms with E-state index in [1.54, 1.807) is 0 Å². The predicted molar refractivity (Wildman–Crippen MR) is 115 cm³/mol. The number of nitrogens with one attached hydrogen (secondary N) is 2. The van der Waals surface area contributed by atoms with Crippen molar-refractivity contribution >= 4 is 11.9 Å². The Kier molecular flexibility index (Phi) is 5.13. The number of aliphatic hydroxyl groups excluding tert-OH is 1. The number of rotatable bonds is 7. The predicted octanol–water partition coefficient (Wildman–Crippen LogP) is 2.26. The maximum Gasteiger partial charge on any atom is 0.258 e. The van der Waals surface area contributed by atoms with Gasteiger partial charge in [-0.1, -0.05) is 0 Å². The van der Waals surface area contributed by atoms with Crippen LogP contribution in [0.5, 0.6) is 5.88 Å². The molecule has 1 heterocycles. The van der Waals surface area contributed by atoms with Crippen LogP contribution in [-0.2, 0) is 0 Å². The monoisotopic (exact) mass is 430 g/mol. The smallest absolute Gasteiger partial charge is 0.258 e. The normalized spacial score (nSPS) is 34.3. The summed E-state index contributed by atoms with van der Waals surface area (Å²) in [7, 11) is 0. The lowest BCUT2D eigenvalue weighted by Crippen LogP contribution is -2.61. The van der Waals surface area contributed by atoms with E-state index in [4.69, 9.17) is 4.74 Å². The van der Waals surface area contributed by atoms with E-state index in [2.05, 4.69) is 20.6 Å². The van der Waals surface area contributed by atoms with Crippen molar-refractivity contribution in [2.75, 3.05) is 11.9 Å². The summed E-state index contributed by atoms with van der Waals surface area (Å²) < 4.78 is 6.06. The second-order valence-corrected chi connectivity index (χ2v) is 10.9. The molecule has 8 nitrogen and oxygen atoms in total. The lowest BCUT2D eigenvalue weighted by atomic mass is 9.52. The molecule has 1 aromatic rings. The summed E-state index contributed by atoms with van der Waals surface area (Å²) in [6.07, 6.45) is 9.31. The molecule has 170 valence electrons. The fraction of sp³-hybridized carbons (Fsp3) is 0.783. The Morgan fingerprint density at radius 1 is 1.26 bits per heavy atom. The van der Waals surface area contributed by atoms with Crippen LogP contribution in [0.1, 0.15) is 75.6 Å². The van der Waals surface area contributed by atoms with Gasteiger partial charge in [0.05, 0.1) is 17.7 Å². The molecule has 5 aliphatic rings. The van der Waals surface area contributed by atoms with Gasteiger partial charge in [-0.2, -0.15) is 4.98 Å². The van der Waals surface area contributed by atoms with Gasteiger partial charge in [-0.25, -0.2) is 4.98 Å². The van der Waals surface area contributed by atoms with Crippen LogP contribution in [0.3, 0.4) is 0 Å². The summed E-state index contributed by atoms with van der Waals surface area (Å²) in [5.74, 6) is 1.70. The van der Waals surface area contributed by atoms with Crippen molar-refractivity contribution in [3.05, 3.63) is 11.8 Å². The van der Waals surface area contributed by atoms with Crippen molar-refractivity contribution in [2.24, 2.45) is 17.8 Å². The van der Waals surface area contributed by atoms with Crippen molar-refractivity contribution in [1.82, 2.24) is 15.3 Å². The number of aliphatic hydroxyl groups is 2. The number of carbonyl (C=O) groups excluding carboxylic acids is 1. The van der Waals surface area contributed by atoms with Crippen LogP contribution < -0.4 is 15.4 Å². The summed E-state index contributed by atoms with van der Waals surface area (Å²) in [4.78, 5) is 22.1. The average Bonchev–Trinajstić information content (AvgIpc) is 2.66. The molecule has 4 bridgehead atoms. The van der Waals surface area contributed by atoms with Crippen molar-refractivity contribution < 1.29 is 19.7 Å². The first-order valence-electron chi connectivity index (χ1n) is 11.7. The number of carbonyl (C=O) groups is 1. The molecule has 4 N–H and O–H groups in total. The minimum absolute atomic E-state index is 0.0742. The third-order valence-electron chi connectivity index (χ3n) is 7.71. The molecule has 3 unspecified atom stereocenters. The van der Waals surface area contributed by atoms with E-state index in [1.807, 2.05) is 13.8 Å². The van der Waals surface area contributed by atoms with E-state index in [-0.39, 0.29) is 24.7 Å². The van der Waals surface area contributed by atoms with Gasteiger partial charge in [0.25, 0.3) is 5.91 Å². The lowest BCUT2D eigenvalue weighted by Gasteiger charge is -2.58. The fourth-order valence-corrected chi connectivity index (χ4v) is 6.11. The van der Waals surface area contributed by atoms with Gasteiger partial charge in [0.1, 0.15) is 11.7 Å². The highest BCUT2D eigenvalue weighted by atomic mass is 16.5. The second-order valence-electron chi connectivity index (χ2n) is 10.9. The molecule has 0 radical (unpaired) electrons. The Hall–Kier alpha value is -1.93. The molecule has 1 aromatic heterocycles. The average molecular weight is 431 g/mol. The molecular weight excluding hydrogens is 396 g/mol. The van der Waals surface area contributed by atoms with Crippen molar-refractivity contribution in [1.29, 1.82) is 0 Å². The number of hydrogen-bond acceptors (Lipinski definition) is 7. The maximum absolute atomic E-state index is 13.3. The molecule has 0 aliphatic heterocycles.